The molecule has 0 fully saturated rings. The van der Waals surface area contributed by atoms with Gasteiger partial charge in [0.1, 0.15) is 17.7 Å². The number of hydrogen-bond acceptors (Lipinski definition) is 3. The summed E-state index contributed by atoms with van der Waals surface area (Å²) < 4.78 is 69.1. The lowest BCUT2D eigenvalue weighted by Gasteiger charge is -2.28. The van der Waals surface area contributed by atoms with Gasteiger partial charge in [-0.25, -0.2) is 8.78 Å². The van der Waals surface area contributed by atoms with Gasteiger partial charge in [-0.2, -0.15) is 18.3 Å². The number of benzene rings is 2. The molecule has 0 radical (unpaired) electrons. The van der Waals surface area contributed by atoms with Crippen LogP contribution in [0.2, 0.25) is 0 Å². The van der Waals surface area contributed by atoms with Crippen molar-refractivity contribution in [2.75, 3.05) is 6.54 Å². The van der Waals surface area contributed by atoms with Gasteiger partial charge in [0.15, 0.2) is 0 Å². The molecule has 1 amide bonds. The number of aliphatic hydroxyl groups is 1. The number of rotatable bonds is 2. The van der Waals surface area contributed by atoms with Crippen LogP contribution in [-0.2, 0) is 30.4 Å². The van der Waals surface area contributed by atoms with Crippen LogP contribution in [0.25, 0.3) is 11.3 Å². The first kappa shape index (κ1) is 22.5. The number of alkyl halides is 3. The minimum atomic E-state index is -4.49. The van der Waals surface area contributed by atoms with Crippen molar-refractivity contribution < 1.29 is 31.9 Å². The fourth-order valence-electron chi connectivity index (χ4n) is 4.92. The Balaban J connectivity index is 1.66. The fraction of sp³-hybridized carbons (Fsp3) is 0.333. The highest BCUT2D eigenvalue weighted by Gasteiger charge is 2.39. The molecule has 5 nitrogen and oxygen atoms in total. The number of carbonyl (C=O) groups is 1. The average molecular weight is 477 g/mol. The summed E-state index contributed by atoms with van der Waals surface area (Å²) in [5, 5.41) is 15.4. The van der Waals surface area contributed by atoms with E-state index in [9.17, 15) is 31.9 Å². The lowest BCUT2D eigenvalue weighted by molar-refractivity contribution is -0.137. The van der Waals surface area contributed by atoms with Crippen LogP contribution in [0.1, 0.15) is 40.9 Å². The third-order valence-corrected chi connectivity index (χ3v) is 6.57. The second kappa shape index (κ2) is 7.90. The van der Waals surface area contributed by atoms with Gasteiger partial charge in [0.25, 0.3) is 0 Å². The first-order valence-corrected chi connectivity index (χ1v) is 10.7. The molecule has 178 valence electrons. The van der Waals surface area contributed by atoms with Gasteiger partial charge < -0.3 is 10.0 Å². The molecule has 1 aromatic heterocycles. The summed E-state index contributed by atoms with van der Waals surface area (Å²) in [6.07, 6.45) is -5.20. The zero-order valence-corrected chi connectivity index (χ0v) is 18.0. The standard InChI is InChI=1S/C24H20F5N3O2/c1-12(33)31-7-6-20-18(11-31)22(13-2-4-14(5-3-13)24(27,28)29)30-32(20)23-17-8-15(25)9-19(26)16(17)10-21(23)34/h2-5,8-9,21,23,34H,6-7,10-11H2,1H3/t21-,23?/m1/s1. The quantitative estimate of drug-likeness (QED) is 0.562. The number of aromatic nitrogens is 2. The predicted molar refractivity (Wildman–Crippen MR) is 112 cm³/mol. The largest absolute Gasteiger partial charge is 0.416 e. The molecule has 1 N–H and O–H groups in total. The van der Waals surface area contributed by atoms with Crippen molar-refractivity contribution in [3.63, 3.8) is 0 Å². The topological polar surface area (TPSA) is 58.4 Å². The number of hydrogen-bond donors (Lipinski definition) is 1. The Labute approximate surface area is 191 Å². The monoisotopic (exact) mass is 477 g/mol. The van der Waals surface area contributed by atoms with E-state index in [4.69, 9.17) is 0 Å². The summed E-state index contributed by atoms with van der Waals surface area (Å²) in [4.78, 5) is 13.6. The first-order chi connectivity index (χ1) is 16.0. The average Bonchev–Trinajstić information content (AvgIpc) is 3.30. The van der Waals surface area contributed by atoms with E-state index < -0.39 is 35.5 Å². The van der Waals surface area contributed by atoms with Crippen LogP contribution < -0.4 is 0 Å². The third-order valence-electron chi connectivity index (χ3n) is 6.57. The molecule has 0 saturated carbocycles. The summed E-state index contributed by atoms with van der Waals surface area (Å²) in [6.45, 7) is 2.00. The number of carbonyl (C=O) groups excluding carboxylic acids is 1. The molecule has 1 aliphatic carbocycles. The molecule has 1 unspecified atom stereocenters. The molecule has 34 heavy (non-hydrogen) atoms. The minimum Gasteiger partial charge on any atom is -0.390 e. The van der Waals surface area contributed by atoms with E-state index >= 15 is 0 Å². The highest BCUT2D eigenvalue weighted by Crippen LogP contribution is 2.41. The van der Waals surface area contributed by atoms with Crippen molar-refractivity contribution in [3.8, 4) is 11.3 Å². The highest BCUT2D eigenvalue weighted by molar-refractivity contribution is 5.74. The molecule has 2 aliphatic rings. The summed E-state index contributed by atoms with van der Waals surface area (Å²) in [6, 6.07) is 5.61. The third kappa shape index (κ3) is 3.66. The van der Waals surface area contributed by atoms with Crippen molar-refractivity contribution in [3.05, 3.63) is 76.0 Å². The van der Waals surface area contributed by atoms with Gasteiger partial charge >= 0.3 is 6.18 Å². The number of amides is 1. The Bertz CT molecular complexity index is 1280. The molecular weight excluding hydrogens is 457 g/mol. The highest BCUT2D eigenvalue weighted by atomic mass is 19.4. The first-order valence-electron chi connectivity index (χ1n) is 10.7. The van der Waals surface area contributed by atoms with E-state index in [0.717, 1.165) is 18.2 Å². The van der Waals surface area contributed by atoms with E-state index in [1.165, 1.54) is 29.8 Å². The second-order valence-electron chi connectivity index (χ2n) is 8.66. The van der Waals surface area contributed by atoms with Gasteiger partial charge in [-0.1, -0.05) is 12.1 Å². The van der Waals surface area contributed by atoms with E-state index in [1.807, 2.05) is 0 Å². The van der Waals surface area contributed by atoms with Crippen molar-refractivity contribution in [1.29, 1.82) is 0 Å². The van der Waals surface area contributed by atoms with Gasteiger partial charge in [0, 0.05) is 55.7 Å². The summed E-state index contributed by atoms with van der Waals surface area (Å²) in [7, 11) is 0. The van der Waals surface area contributed by atoms with Crippen LogP contribution in [0.4, 0.5) is 22.0 Å². The molecule has 5 rings (SSSR count). The Morgan fingerprint density at radius 3 is 2.47 bits per heavy atom. The number of aliphatic hydroxyl groups excluding tert-OH is 1. The van der Waals surface area contributed by atoms with Gasteiger partial charge in [0.2, 0.25) is 5.91 Å². The molecule has 2 aromatic carbocycles. The zero-order valence-electron chi connectivity index (χ0n) is 18.0. The second-order valence-corrected chi connectivity index (χ2v) is 8.66. The maximum atomic E-state index is 14.4. The van der Waals surface area contributed by atoms with Crippen LogP contribution in [0.3, 0.4) is 0 Å². The van der Waals surface area contributed by atoms with E-state index in [-0.39, 0.29) is 30.0 Å². The van der Waals surface area contributed by atoms with E-state index in [0.29, 0.717) is 35.5 Å². The Kier molecular flexibility index (Phi) is 5.23. The number of fused-ring (bicyclic) bond motifs is 2. The van der Waals surface area contributed by atoms with Crippen molar-refractivity contribution in [1.82, 2.24) is 14.7 Å². The summed E-state index contributed by atoms with van der Waals surface area (Å²) in [5.74, 6) is -1.68. The minimum absolute atomic E-state index is 0.0179. The predicted octanol–water partition coefficient (Wildman–Crippen LogP) is 4.26. The van der Waals surface area contributed by atoms with Gasteiger partial charge in [-0.05, 0) is 29.3 Å². The van der Waals surface area contributed by atoms with E-state index in [1.54, 1.807) is 4.90 Å². The zero-order chi connectivity index (χ0) is 24.4. The lowest BCUT2D eigenvalue weighted by Crippen LogP contribution is -2.35. The summed E-state index contributed by atoms with van der Waals surface area (Å²) in [5.41, 5.74) is 1.77. The Hall–Kier alpha value is -3.27. The van der Waals surface area contributed by atoms with Gasteiger partial charge in [-0.15, -0.1) is 0 Å². The number of nitrogens with zero attached hydrogens (tertiary/aromatic N) is 3. The lowest BCUT2D eigenvalue weighted by atomic mass is 9.99. The summed E-state index contributed by atoms with van der Waals surface area (Å²) >= 11 is 0. The Morgan fingerprint density at radius 1 is 1.12 bits per heavy atom. The SMILES string of the molecule is CC(=O)N1CCc2c(c(-c3ccc(C(F)(F)F)cc3)nn2C2c3cc(F)cc(F)c3C[C@H]2O)C1. The van der Waals surface area contributed by atoms with Crippen LogP contribution in [0.15, 0.2) is 36.4 Å². The molecule has 0 spiro atoms. The molecule has 1 aliphatic heterocycles. The van der Waals surface area contributed by atoms with E-state index in [2.05, 4.69) is 5.10 Å². The van der Waals surface area contributed by atoms with Gasteiger partial charge in [-0.3, -0.25) is 9.48 Å². The molecular formula is C24H20F5N3O2. The molecule has 3 aromatic rings. The van der Waals surface area contributed by atoms with Crippen LogP contribution in [-0.4, -0.2) is 38.3 Å². The molecule has 10 heteroatoms. The molecule has 2 atom stereocenters. The number of halogens is 5. The Morgan fingerprint density at radius 2 is 1.82 bits per heavy atom. The van der Waals surface area contributed by atoms with Crippen LogP contribution >= 0.6 is 0 Å². The van der Waals surface area contributed by atoms with Crippen molar-refractivity contribution in [2.24, 2.45) is 0 Å². The molecule has 0 saturated heterocycles. The normalized spacial score (nSPS) is 19.8. The fourth-order valence-corrected chi connectivity index (χ4v) is 4.92. The molecule has 0 bridgehead atoms. The smallest absolute Gasteiger partial charge is 0.390 e. The van der Waals surface area contributed by atoms with Crippen molar-refractivity contribution >= 4 is 5.91 Å². The van der Waals surface area contributed by atoms with Crippen LogP contribution in [0, 0.1) is 11.6 Å². The van der Waals surface area contributed by atoms with Crippen LogP contribution in [0.5, 0.6) is 0 Å². The maximum Gasteiger partial charge on any atom is 0.416 e. The van der Waals surface area contributed by atoms with Gasteiger partial charge in [0.05, 0.1) is 17.4 Å². The maximum absolute atomic E-state index is 14.4. The van der Waals surface area contributed by atoms with Crippen molar-refractivity contribution in [2.45, 2.75) is 44.6 Å². The molecule has 2 heterocycles.